The third kappa shape index (κ3) is 23.6. The van der Waals surface area contributed by atoms with Crippen LogP contribution in [0.5, 0.6) is 0 Å². The Morgan fingerprint density at radius 2 is 1.31 bits per heavy atom. The summed E-state index contributed by atoms with van der Waals surface area (Å²) in [5.74, 6) is 0. The van der Waals surface area contributed by atoms with E-state index in [9.17, 15) is 0 Å². The van der Waals surface area contributed by atoms with E-state index in [1.807, 2.05) is 27.7 Å². The maximum Gasteiger partial charge on any atom is 0.0594 e. The van der Waals surface area contributed by atoms with E-state index in [4.69, 9.17) is 4.74 Å². The average molecular weight is 234 g/mol. The Morgan fingerprint density at radius 3 is 1.44 bits per heavy atom. The quantitative estimate of drug-likeness (QED) is 0.693. The first-order chi connectivity index (χ1) is 7.66. The van der Waals surface area contributed by atoms with Gasteiger partial charge in [0.05, 0.1) is 13.2 Å². The molecule has 0 aromatic rings. The molecule has 0 amide bonds. The number of rotatable bonds is 1. The van der Waals surface area contributed by atoms with Crippen LogP contribution in [0.2, 0.25) is 0 Å². The van der Waals surface area contributed by atoms with Gasteiger partial charge in [0.1, 0.15) is 0 Å². The third-order valence-corrected chi connectivity index (χ3v) is 1.87. The summed E-state index contributed by atoms with van der Waals surface area (Å²) in [6.45, 7) is 15.3. The predicted octanol–water partition coefficient (Wildman–Crippen LogP) is 2.57. The number of likely N-dealkylation sites (N-methyl/N-ethyl adjacent to an activating group) is 1. The van der Waals surface area contributed by atoms with E-state index in [2.05, 4.69) is 37.9 Å². The monoisotopic (exact) mass is 234 g/mol. The molecule has 0 aliphatic carbocycles. The molecule has 0 radical (unpaired) electrons. The lowest BCUT2D eigenvalue weighted by atomic mass is 10.5. The summed E-state index contributed by atoms with van der Waals surface area (Å²) in [6.07, 6.45) is 0. The summed E-state index contributed by atoms with van der Waals surface area (Å²) in [5, 5.41) is 0. The van der Waals surface area contributed by atoms with Crippen LogP contribution in [0.15, 0.2) is 0 Å². The minimum Gasteiger partial charge on any atom is -0.379 e. The molecule has 3 nitrogen and oxygen atoms in total. The molecule has 1 aliphatic heterocycles. The lowest BCUT2D eigenvalue weighted by Crippen LogP contribution is -2.32. The summed E-state index contributed by atoms with van der Waals surface area (Å²) < 4.78 is 5.10. The van der Waals surface area contributed by atoms with Crippen molar-refractivity contribution in [3.8, 4) is 0 Å². The van der Waals surface area contributed by atoms with Crippen molar-refractivity contribution in [1.29, 1.82) is 0 Å². The molecule has 1 rings (SSSR count). The molecule has 0 N–H and O–H groups in total. The van der Waals surface area contributed by atoms with Gasteiger partial charge in [-0.1, -0.05) is 34.6 Å². The number of morpholine rings is 1. The fourth-order valence-corrected chi connectivity index (χ4v) is 0.655. The second-order valence-corrected chi connectivity index (χ2v) is 3.31. The molecule has 0 aromatic heterocycles. The van der Waals surface area contributed by atoms with Crippen molar-refractivity contribution in [1.82, 2.24) is 9.80 Å². The van der Waals surface area contributed by atoms with Gasteiger partial charge in [-0.25, -0.2) is 0 Å². The van der Waals surface area contributed by atoms with Crippen molar-refractivity contribution < 1.29 is 4.74 Å². The summed E-state index contributed by atoms with van der Waals surface area (Å²) >= 11 is 0. The Balaban J connectivity index is -0.000000167. The molecule has 0 aromatic carbocycles. The van der Waals surface area contributed by atoms with Gasteiger partial charge in [-0.05, 0) is 27.7 Å². The number of hydrogen-bond acceptors (Lipinski definition) is 3. The first kappa shape index (κ1) is 21.2. The van der Waals surface area contributed by atoms with E-state index in [-0.39, 0.29) is 0 Å². The highest BCUT2D eigenvalue weighted by Gasteiger charge is 2.02. The van der Waals surface area contributed by atoms with Crippen LogP contribution in [0, 0.1) is 0 Å². The van der Waals surface area contributed by atoms with Crippen molar-refractivity contribution in [2.45, 2.75) is 34.6 Å². The van der Waals surface area contributed by atoms with Crippen molar-refractivity contribution in [3.05, 3.63) is 0 Å². The van der Waals surface area contributed by atoms with E-state index in [0.29, 0.717) is 0 Å². The van der Waals surface area contributed by atoms with E-state index in [0.717, 1.165) is 32.8 Å². The highest BCUT2D eigenvalue weighted by molar-refractivity contribution is 4.53. The zero-order valence-corrected chi connectivity index (χ0v) is 12.8. The molecule has 1 saturated heterocycles. The lowest BCUT2D eigenvalue weighted by Gasteiger charge is -2.21. The van der Waals surface area contributed by atoms with Crippen molar-refractivity contribution in [2.75, 3.05) is 54.0 Å². The maximum atomic E-state index is 5.10. The molecular formula is C13H34N2O. The van der Waals surface area contributed by atoms with Gasteiger partial charge >= 0.3 is 0 Å². The first-order valence-corrected chi connectivity index (χ1v) is 6.57. The number of ether oxygens (including phenoxy) is 1. The van der Waals surface area contributed by atoms with Crippen LogP contribution >= 0.6 is 0 Å². The second-order valence-electron chi connectivity index (χ2n) is 3.31. The molecule has 16 heavy (non-hydrogen) atoms. The van der Waals surface area contributed by atoms with Crippen LogP contribution in [0.3, 0.4) is 0 Å². The molecule has 1 aliphatic rings. The Bertz CT molecular complexity index is 91.9. The van der Waals surface area contributed by atoms with Crippen molar-refractivity contribution in [3.63, 3.8) is 0 Å². The molecule has 0 bridgehead atoms. The molecule has 0 saturated carbocycles. The van der Waals surface area contributed by atoms with Crippen LogP contribution in [0.1, 0.15) is 34.6 Å². The number of nitrogens with zero attached hydrogens (tertiary/aromatic N) is 2. The van der Waals surface area contributed by atoms with Gasteiger partial charge in [0.2, 0.25) is 0 Å². The molecule has 0 unspecified atom stereocenters. The highest BCUT2D eigenvalue weighted by Crippen LogP contribution is 1.89. The maximum absolute atomic E-state index is 5.10. The van der Waals surface area contributed by atoms with Crippen LogP contribution in [-0.2, 0) is 4.74 Å². The molecule has 102 valence electrons. The van der Waals surface area contributed by atoms with Gasteiger partial charge in [0.25, 0.3) is 0 Å². The summed E-state index contributed by atoms with van der Waals surface area (Å²) in [7, 11) is 6.22. The Morgan fingerprint density at radius 1 is 1.00 bits per heavy atom. The fourth-order valence-electron chi connectivity index (χ4n) is 0.655. The van der Waals surface area contributed by atoms with Gasteiger partial charge in [0, 0.05) is 13.1 Å². The zero-order valence-electron chi connectivity index (χ0n) is 12.8. The fraction of sp³-hybridized carbons (Fsp3) is 1.00. The van der Waals surface area contributed by atoms with Gasteiger partial charge in [-0.2, -0.15) is 0 Å². The molecule has 1 heterocycles. The minimum atomic E-state index is 0.913. The Kier molecular flexibility index (Phi) is 26.9. The summed E-state index contributed by atoms with van der Waals surface area (Å²) in [4.78, 5) is 4.39. The van der Waals surface area contributed by atoms with Gasteiger partial charge < -0.3 is 14.5 Å². The molecule has 0 spiro atoms. The smallest absolute Gasteiger partial charge is 0.0594 e. The zero-order chi connectivity index (χ0) is 13.4. The van der Waals surface area contributed by atoms with E-state index < -0.39 is 0 Å². The van der Waals surface area contributed by atoms with Gasteiger partial charge in [-0.3, -0.25) is 0 Å². The number of hydrogen-bond donors (Lipinski definition) is 0. The first-order valence-electron chi connectivity index (χ1n) is 6.57. The van der Waals surface area contributed by atoms with Crippen LogP contribution in [0.4, 0.5) is 0 Å². The van der Waals surface area contributed by atoms with Crippen LogP contribution in [0.25, 0.3) is 0 Å². The van der Waals surface area contributed by atoms with E-state index >= 15 is 0 Å². The van der Waals surface area contributed by atoms with E-state index in [1.165, 1.54) is 0 Å². The average Bonchev–Trinajstić information content (AvgIpc) is 2.36. The Hall–Kier alpha value is -0.120. The summed E-state index contributed by atoms with van der Waals surface area (Å²) in [6, 6.07) is 0. The van der Waals surface area contributed by atoms with Crippen LogP contribution < -0.4 is 0 Å². The molecule has 0 atom stereocenters. The van der Waals surface area contributed by atoms with Crippen molar-refractivity contribution in [2.24, 2.45) is 0 Å². The molecule has 3 heteroatoms. The second kappa shape index (κ2) is 20.3. The van der Waals surface area contributed by atoms with Crippen LogP contribution in [-0.4, -0.2) is 63.8 Å². The SMILES string of the molecule is CC.CC.CCN(C)C.CN1CCOCC1. The molecular weight excluding hydrogens is 200 g/mol. The van der Waals surface area contributed by atoms with Gasteiger partial charge in [-0.15, -0.1) is 0 Å². The topological polar surface area (TPSA) is 15.7 Å². The predicted molar refractivity (Wildman–Crippen MR) is 75.2 cm³/mol. The normalized spacial score (nSPS) is 14.8. The highest BCUT2D eigenvalue weighted by atomic mass is 16.5. The van der Waals surface area contributed by atoms with Crippen molar-refractivity contribution >= 4 is 0 Å². The molecule has 1 fully saturated rings. The Labute approximate surface area is 104 Å². The lowest BCUT2D eigenvalue weighted by molar-refractivity contribution is 0.0503. The third-order valence-electron chi connectivity index (χ3n) is 1.87. The summed E-state index contributed by atoms with van der Waals surface area (Å²) in [5.41, 5.74) is 0. The largest absolute Gasteiger partial charge is 0.379 e. The minimum absolute atomic E-state index is 0.913. The van der Waals surface area contributed by atoms with E-state index in [1.54, 1.807) is 0 Å². The van der Waals surface area contributed by atoms with Gasteiger partial charge in [0.15, 0.2) is 0 Å². The standard InChI is InChI=1S/C5H11NO.C4H11N.2C2H6/c1-6-2-4-7-5-3-6;1-4-5(2)3;2*1-2/h2-5H2,1H3;4H2,1-3H3;2*1-2H3.